The zero-order valence-electron chi connectivity index (χ0n) is 10.4. The van der Waals surface area contributed by atoms with E-state index in [1.165, 1.54) is 10.8 Å². The number of carbonyl (C=O) groups is 1. The second kappa shape index (κ2) is 5.03. The first-order valence-corrected chi connectivity index (χ1v) is 5.94. The molecule has 2 rings (SSSR count). The number of carbonyl (C=O) groups excluding carboxylic acids is 1. The minimum Gasteiger partial charge on any atom is -0.462 e. The third-order valence-corrected chi connectivity index (χ3v) is 2.68. The van der Waals surface area contributed by atoms with Crippen molar-refractivity contribution in [1.82, 2.24) is 14.6 Å². The second-order valence-electron chi connectivity index (χ2n) is 3.90. The van der Waals surface area contributed by atoms with E-state index in [0.29, 0.717) is 29.7 Å². The van der Waals surface area contributed by atoms with Crippen LogP contribution in [-0.2, 0) is 11.2 Å². The van der Waals surface area contributed by atoms with Crippen molar-refractivity contribution in [3.63, 3.8) is 0 Å². The lowest BCUT2D eigenvalue weighted by molar-refractivity contribution is 0.0525. The Hall–Kier alpha value is -2.11. The molecule has 96 valence electrons. The Labute approximate surface area is 104 Å². The van der Waals surface area contributed by atoms with Crippen molar-refractivity contribution >= 4 is 11.5 Å². The first-order chi connectivity index (χ1) is 8.69. The lowest BCUT2D eigenvalue weighted by Gasteiger charge is -2.02. The first kappa shape index (κ1) is 12.3. The second-order valence-corrected chi connectivity index (χ2v) is 3.90. The molecule has 0 saturated carbocycles. The van der Waals surface area contributed by atoms with Gasteiger partial charge in [-0.3, -0.25) is 4.79 Å². The molecular formula is C12H15N3O3. The van der Waals surface area contributed by atoms with E-state index in [9.17, 15) is 9.59 Å². The van der Waals surface area contributed by atoms with Crippen LogP contribution in [-0.4, -0.2) is 27.2 Å². The van der Waals surface area contributed by atoms with Crippen LogP contribution in [0.25, 0.3) is 5.52 Å². The van der Waals surface area contributed by atoms with Gasteiger partial charge in [-0.2, -0.15) is 5.10 Å². The predicted molar refractivity (Wildman–Crippen MR) is 65.8 cm³/mol. The number of hydrogen-bond acceptors (Lipinski definition) is 4. The molecule has 0 aromatic carbocycles. The Bertz CT molecular complexity index is 627. The Morgan fingerprint density at radius 2 is 2.28 bits per heavy atom. The molecule has 0 fully saturated rings. The van der Waals surface area contributed by atoms with Gasteiger partial charge in [0.25, 0.3) is 5.56 Å². The number of esters is 1. The number of aryl methyl sites for hydroxylation is 1. The summed E-state index contributed by atoms with van der Waals surface area (Å²) in [5.74, 6) is -0.411. The van der Waals surface area contributed by atoms with Crippen LogP contribution in [0.2, 0.25) is 0 Å². The molecule has 2 heterocycles. The monoisotopic (exact) mass is 249 g/mol. The summed E-state index contributed by atoms with van der Waals surface area (Å²) in [6, 6.07) is 0. The number of rotatable bonds is 4. The minimum atomic E-state index is -0.411. The molecule has 0 unspecified atom stereocenters. The van der Waals surface area contributed by atoms with E-state index in [-0.39, 0.29) is 5.56 Å². The van der Waals surface area contributed by atoms with Crippen molar-refractivity contribution in [3.05, 3.63) is 34.0 Å². The highest BCUT2D eigenvalue weighted by molar-refractivity contribution is 5.93. The van der Waals surface area contributed by atoms with Crippen molar-refractivity contribution in [2.45, 2.75) is 26.7 Å². The highest BCUT2D eigenvalue weighted by Gasteiger charge is 2.19. The highest BCUT2D eigenvalue weighted by Crippen LogP contribution is 2.17. The van der Waals surface area contributed by atoms with Crippen LogP contribution in [0.15, 0.2) is 17.3 Å². The average molecular weight is 249 g/mol. The van der Waals surface area contributed by atoms with Crippen molar-refractivity contribution in [2.75, 3.05) is 6.61 Å². The quantitative estimate of drug-likeness (QED) is 0.825. The number of nitrogens with zero attached hydrogens (tertiary/aromatic N) is 2. The standard InChI is InChI=1S/C12H15N3O3/c1-3-5-8-9(12(17)18-4-2)6-15-10(8)11(16)13-7-14-15/h6-7H,3-5H2,1-2H3,(H,13,14,16). The van der Waals surface area contributed by atoms with Crippen molar-refractivity contribution in [3.8, 4) is 0 Å². The molecule has 0 atom stereocenters. The smallest absolute Gasteiger partial charge is 0.340 e. The van der Waals surface area contributed by atoms with Gasteiger partial charge in [-0.15, -0.1) is 0 Å². The fourth-order valence-corrected chi connectivity index (χ4v) is 1.97. The van der Waals surface area contributed by atoms with Crippen LogP contribution in [0.1, 0.15) is 36.2 Å². The van der Waals surface area contributed by atoms with Crippen LogP contribution in [0.3, 0.4) is 0 Å². The van der Waals surface area contributed by atoms with Crippen LogP contribution in [0.4, 0.5) is 0 Å². The summed E-state index contributed by atoms with van der Waals surface area (Å²) < 4.78 is 6.42. The Morgan fingerprint density at radius 1 is 1.50 bits per heavy atom. The lowest BCUT2D eigenvalue weighted by Crippen LogP contribution is -2.12. The summed E-state index contributed by atoms with van der Waals surface area (Å²) in [4.78, 5) is 26.2. The summed E-state index contributed by atoms with van der Waals surface area (Å²) in [5.41, 5.74) is 1.29. The molecule has 0 aliphatic rings. The van der Waals surface area contributed by atoms with E-state index in [1.54, 1.807) is 13.1 Å². The van der Waals surface area contributed by atoms with Gasteiger partial charge in [-0.05, 0) is 18.9 Å². The zero-order chi connectivity index (χ0) is 13.1. The molecule has 0 bridgehead atoms. The van der Waals surface area contributed by atoms with Gasteiger partial charge in [0, 0.05) is 6.20 Å². The number of hydrogen-bond donors (Lipinski definition) is 1. The third kappa shape index (κ3) is 2.01. The van der Waals surface area contributed by atoms with E-state index in [4.69, 9.17) is 4.74 Å². The summed E-state index contributed by atoms with van der Waals surface area (Å²) in [7, 11) is 0. The molecule has 18 heavy (non-hydrogen) atoms. The molecule has 0 aliphatic carbocycles. The maximum absolute atomic E-state index is 11.8. The van der Waals surface area contributed by atoms with E-state index in [0.717, 1.165) is 6.42 Å². The van der Waals surface area contributed by atoms with Crippen molar-refractivity contribution in [1.29, 1.82) is 0 Å². The minimum absolute atomic E-state index is 0.246. The number of H-pyrrole nitrogens is 1. The van der Waals surface area contributed by atoms with Gasteiger partial charge in [0.2, 0.25) is 0 Å². The van der Waals surface area contributed by atoms with Crippen LogP contribution < -0.4 is 5.56 Å². The van der Waals surface area contributed by atoms with Gasteiger partial charge in [-0.1, -0.05) is 13.3 Å². The SMILES string of the molecule is CCCc1c(C(=O)OCC)cn2nc[nH]c(=O)c12. The highest BCUT2D eigenvalue weighted by atomic mass is 16.5. The lowest BCUT2D eigenvalue weighted by atomic mass is 10.1. The van der Waals surface area contributed by atoms with Gasteiger partial charge in [0.15, 0.2) is 0 Å². The molecule has 2 aromatic rings. The molecule has 0 amide bonds. The third-order valence-electron chi connectivity index (χ3n) is 2.68. The van der Waals surface area contributed by atoms with E-state index >= 15 is 0 Å². The number of aromatic nitrogens is 3. The predicted octanol–water partition coefficient (Wildman–Crippen LogP) is 1.15. The normalized spacial score (nSPS) is 10.8. The van der Waals surface area contributed by atoms with E-state index in [2.05, 4.69) is 10.1 Å². The Balaban J connectivity index is 2.66. The number of aromatic amines is 1. The number of fused-ring (bicyclic) bond motifs is 1. The molecule has 6 nitrogen and oxygen atoms in total. The van der Waals surface area contributed by atoms with E-state index < -0.39 is 5.97 Å². The average Bonchev–Trinajstić information content (AvgIpc) is 2.70. The van der Waals surface area contributed by atoms with Gasteiger partial charge in [0.05, 0.1) is 12.2 Å². The molecular weight excluding hydrogens is 234 g/mol. The van der Waals surface area contributed by atoms with Gasteiger partial charge < -0.3 is 9.72 Å². The molecule has 0 saturated heterocycles. The number of ether oxygens (including phenoxy) is 1. The van der Waals surface area contributed by atoms with Gasteiger partial charge in [-0.25, -0.2) is 9.31 Å². The van der Waals surface area contributed by atoms with Crippen LogP contribution in [0, 0.1) is 0 Å². The molecule has 0 aliphatic heterocycles. The first-order valence-electron chi connectivity index (χ1n) is 5.94. The summed E-state index contributed by atoms with van der Waals surface area (Å²) >= 11 is 0. The maximum Gasteiger partial charge on any atom is 0.340 e. The van der Waals surface area contributed by atoms with Crippen LogP contribution >= 0.6 is 0 Å². The summed E-state index contributed by atoms with van der Waals surface area (Å²) in [6.07, 6.45) is 4.33. The fraction of sp³-hybridized carbons (Fsp3) is 0.417. The summed E-state index contributed by atoms with van der Waals surface area (Å²) in [5, 5.41) is 4.00. The zero-order valence-corrected chi connectivity index (χ0v) is 10.4. The number of nitrogens with one attached hydrogen (secondary N) is 1. The van der Waals surface area contributed by atoms with E-state index in [1.807, 2.05) is 6.92 Å². The largest absolute Gasteiger partial charge is 0.462 e. The molecule has 6 heteroatoms. The fourth-order valence-electron chi connectivity index (χ4n) is 1.97. The van der Waals surface area contributed by atoms with Crippen molar-refractivity contribution < 1.29 is 9.53 Å². The topological polar surface area (TPSA) is 76.5 Å². The molecule has 0 radical (unpaired) electrons. The molecule has 1 N–H and O–H groups in total. The van der Waals surface area contributed by atoms with Gasteiger partial charge in [0.1, 0.15) is 11.8 Å². The van der Waals surface area contributed by atoms with Crippen LogP contribution in [0.5, 0.6) is 0 Å². The van der Waals surface area contributed by atoms with Gasteiger partial charge >= 0.3 is 5.97 Å². The Morgan fingerprint density at radius 3 is 2.94 bits per heavy atom. The van der Waals surface area contributed by atoms with Crippen molar-refractivity contribution in [2.24, 2.45) is 0 Å². The maximum atomic E-state index is 11.8. The molecule has 2 aromatic heterocycles. The molecule has 0 spiro atoms. The Kier molecular flexibility index (Phi) is 3.45. The summed E-state index contributed by atoms with van der Waals surface area (Å²) in [6.45, 7) is 4.04.